The van der Waals surface area contributed by atoms with Gasteiger partial charge < -0.3 is 44.8 Å². The van der Waals surface area contributed by atoms with Crippen molar-refractivity contribution in [3.63, 3.8) is 0 Å². The number of ether oxygens (including phenoxy) is 1. The second-order valence-electron chi connectivity index (χ2n) is 17.0. The molecule has 0 bridgehead atoms. The molecule has 8 heterocycles. The number of halogens is 5. The minimum absolute atomic E-state index is 0.243. The van der Waals surface area contributed by atoms with Gasteiger partial charge in [-0.2, -0.15) is 15.5 Å². The number of hydrazone groups is 2. The van der Waals surface area contributed by atoms with E-state index in [1.54, 1.807) is 109 Å². The van der Waals surface area contributed by atoms with E-state index in [1.807, 2.05) is 54.2 Å². The Morgan fingerprint density at radius 3 is 1.81 bits per heavy atom. The highest BCUT2D eigenvalue weighted by Crippen LogP contribution is 2.22. The Morgan fingerprint density at radius 2 is 1.33 bits per heavy atom. The van der Waals surface area contributed by atoms with Crippen molar-refractivity contribution in [2.75, 3.05) is 66.5 Å². The van der Waals surface area contributed by atoms with Gasteiger partial charge in [0.2, 0.25) is 12.4 Å². The van der Waals surface area contributed by atoms with E-state index in [4.69, 9.17) is 73.3 Å². The predicted molar refractivity (Wildman–Crippen MR) is 322 cm³/mol. The van der Waals surface area contributed by atoms with E-state index in [2.05, 4.69) is 60.6 Å². The van der Waals surface area contributed by atoms with Gasteiger partial charge in [0.25, 0.3) is 18.1 Å². The molecular formula is C48H55Cl5N22O7S2. The zero-order chi connectivity index (χ0) is 61.6. The number of pyridine rings is 4. The molecule has 3 saturated heterocycles. The fourth-order valence-electron chi connectivity index (χ4n) is 7.07. The van der Waals surface area contributed by atoms with Crippen LogP contribution in [-0.4, -0.2) is 159 Å². The Hall–Kier alpha value is -8.01. The molecule has 0 amide bonds. The maximum atomic E-state index is 10.5. The number of thioether (sulfide) groups is 1. The monoisotopic (exact) mass is 1290 g/mol. The van der Waals surface area contributed by atoms with Crippen molar-refractivity contribution in [2.45, 2.75) is 46.6 Å². The number of nitro groups is 3. The average Bonchev–Trinajstić information content (AvgIpc) is 4.38. The van der Waals surface area contributed by atoms with Crippen LogP contribution >= 0.6 is 81.1 Å². The average molecular weight is 1290 g/mol. The lowest BCUT2D eigenvalue weighted by Crippen LogP contribution is -2.49. The van der Waals surface area contributed by atoms with Crippen LogP contribution in [0, 0.1) is 53.3 Å². The van der Waals surface area contributed by atoms with Crippen LogP contribution in [0.25, 0.3) is 0 Å². The van der Waals surface area contributed by atoms with Gasteiger partial charge in [0.05, 0.1) is 11.5 Å². The number of nitrogens with one attached hydrogen (secondary N) is 2. The molecule has 84 heavy (non-hydrogen) atoms. The summed E-state index contributed by atoms with van der Waals surface area (Å²) >= 11 is 31.4. The van der Waals surface area contributed by atoms with Crippen molar-refractivity contribution in [3.8, 4) is 12.4 Å². The van der Waals surface area contributed by atoms with E-state index < -0.39 is 15.0 Å². The van der Waals surface area contributed by atoms with Crippen LogP contribution in [0.15, 0.2) is 112 Å². The first-order valence-corrected chi connectivity index (χ1v) is 28.2. The van der Waals surface area contributed by atoms with Crippen LogP contribution < -0.4 is 10.6 Å². The minimum Gasteiger partial charge on any atom is -0.370 e. The number of amidine groups is 2. The van der Waals surface area contributed by atoms with E-state index in [0.717, 1.165) is 57.3 Å². The fourth-order valence-corrected chi connectivity index (χ4v) is 9.45. The Kier molecular flexibility index (Phi) is 29.8. The smallest absolute Gasteiger partial charge is 0.277 e. The third kappa shape index (κ3) is 25.2. The SMILES string of the molecule is C/C(=N\C#N)N(C)Cc1ccc(Cl)nc1.CCN(Cc1ccc(Cl)nc1)/C(=C/[N+](=O)[O-])NC.CN1COCN(Cc2cnc(Cl)s2)/C1=N/[N+](=O)[O-].N#C/N=C1\SCCN1Cc1ccc(Cl)nc1.O=[N+]([O-])/N=C1\NCCN1Cc1ccc(Cl)nc1. The fraction of sp³-hybridized carbons (Fsp3) is 0.354. The van der Waals surface area contributed by atoms with Gasteiger partial charge in [-0.1, -0.05) is 94.0 Å². The largest absolute Gasteiger partial charge is 0.370 e. The first kappa shape index (κ1) is 68.5. The molecule has 3 fully saturated rings. The highest BCUT2D eigenvalue weighted by molar-refractivity contribution is 8.14. The van der Waals surface area contributed by atoms with Crippen LogP contribution in [0.5, 0.6) is 0 Å². The summed E-state index contributed by atoms with van der Waals surface area (Å²) in [6.07, 6.45) is 12.9. The number of thiazole rings is 1. The van der Waals surface area contributed by atoms with Crippen LogP contribution in [0.1, 0.15) is 41.0 Å². The molecule has 36 heteroatoms. The van der Waals surface area contributed by atoms with Gasteiger partial charge in [0, 0.05) is 115 Å². The van der Waals surface area contributed by atoms with Crippen molar-refractivity contribution in [2.24, 2.45) is 20.2 Å². The summed E-state index contributed by atoms with van der Waals surface area (Å²) in [5.74, 6) is 2.65. The molecule has 29 nitrogen and oxygen atoms in total. The van der Waals surface area contributed by atoms with Crippen LogP contribution in [-0.2, 0) is 37.5 Å². The first-order chi connectivity index (χ1) is 40.2. The topological polar surface area (TPSA) is 344 Å². The zero-order valence-electron chi connectivity index (χ0n) is 45.6. The summed E-state index contributed by atoms with van der Waals surface area (Å²) < 4.78 is 5.72. The molecule has 446 valence electrons. The summed E-state index contributed by atoms with van der Waals surface area (Å²) in [5.41, 5.74) is 3.95. The van der Waals surface area contributed by atoms with E-state index in [9.17, 15) is 30.3 Å². The predicted octanol–water partition coefficient (Wildman–Crippen LogP) is 7.75. The maximum Gasteiger partial charge on any atom is 0.277 e. The van der Waals surface area contributed by atoms with Crippen LogP contribution in [0.2, 0.25) is 25.1 Å². The Bertz CT molecular complexity index is 3170. The summed E-state index contributed by atoms with van der Waals surface area (Å²) in [6.45, 7) is 9.94. The van der Waals surface area contributed by atoms with Crippen LogP contribution in [0.4, 0.5) is 0 Å². The Balaban J connectivity index is 0.000000226. The first-order valence-electron chi connectivity index (χ1n) is 24.5. The summed E-state index contributed by atoms with van der Waals surface area (Å²) in [4.78, 5) is 69.8. The van der Waals surface area contributed by atoms with Gasteiger partial charge in [-0.25, -0.2) is 45.1 Å². The molecule has 0 aromatic carbocycles. The molecule has 0 atom stereocenters. The number of aliphatic imine (C=N–C) groups is 2. The quantitative estimate of drug-likeness (QED) is 0.0238. The van der Waals surface area contributed by atoms with E-state index in [0.29, 0.717) is 82.5 Å². The molecule has 0 unspecified atom stereocenters. The zero-order valence-corrected chi connectivity index (χ0v) is 51.0. The highest BCUT2D eigenvalue weighted by Gasteiger charge is 2.26. The second kappa shape index (κ2) is 36.5. The van der Waals surface area contributed by atoms with Gasteiger partial charge in [0.1, 0.15) is 50.1 Å². The highest BCUT2D eigenvalue weighted by atomic mass is 35.5. The molecule has 8 rings (SSSR count). The van der Waals surface area contributed by atoms with Gasteiger partial charge >= 0.3 is 0 Å². The lowest BCUT2D eigenvalue weighted by Gasteiger charge is -2.34. The van der Waals surface area contributed by atoms with Gasteiger partial charge in [0.15, 0.2) is 25.5 Å². The molecular weight excluding hydrogens is 1240 g/mol. The minimum atomic E-state index is -0.718. The lowest BCUT2D eigenvalue weighted by atomic mass is 10.2. The molecule has 0 saturated carbocycles. The number of guanidine groups is 2. The van der Waals surface area contributed by atoms with Crippen molar-refractivity contribution < 1.29 is 19.7 Å². The molecule has 2 N–H and O–H groups in total. The number of hydrogen-bond acceptors (Lipinski definition) is 20. The number of nitrogens with zero attached hydrogens (tertiary/aromatic N) is 20. The van der Waals surface area contributed by atoms with E-state index >= 15 is 0 Å². The lowest BCUT2D eigenvalue weighted by molar-refractivity contribution is -0.486. The van der Waals surface area contributed by atoms with Crippen LogP contribution in [0.3, 0.4) is 0 Å². The van der Waals surface area contributed by atoms with Crippen molar-refractivity contribution in [1.29, 1.82) is 10.5 Å². The number of rotatable bonds is 16. The molecule has 0 radical (unpaired) electrons. The summed E-state index contributed by atoms with van der Waals surface area (Å²) in [7, 11) is 5.19. The normalized spacial score (nSPS) is 15.2. The van der Waals surface area contributed by atoms with Crippen molar-refractivity contribution in [1.82, 2.24) is 65.0 Å². The Morgan fingerprint density at radius 1 is 0.774 bits per heavy atom. The van der Waals surface area contributed by atoms with Gasteiger partial charge in [-0.3, -0.25) is 10.1 Å². The van der Waals surface area contributed by atoms with E-state index in [1.165, 1.54) is 11.3 Å². The van der Waals surface area contributed by atoms with Crippen molar-refractivity contribution >= 4 is 104 Å². The summed E-state index contributed by atoms with van der Waals surface area (Å²) in [5, 5.41) is 61.8. The number of aromatic nitrogens is 5. The third-order valence-electron chi connectivity index (χ3n) is 11.0. The van der Waals surface area contributed by atoms with Gasteiger partial charge in [-0.15, -0.1) is 16.3 Å². The number of nitriles is 2. The molecule has 5 aromatic heterocycles. The maximum absolute atomic E-state index is 10.5. The third-order valence-corrected chi connectivity index (χ3v) is 14.0. The van der Waals surface area contributed by atoms with E-state index in [-0.39, 0.29) is 25.4 Å². The molecule has 3 aliphatic rings. The van der Waals surface area contributed by atoms with Gasteiger partial charge in [-0.05, 0) is 60.4 Å². The second-order valence-corrected chi connectivity index (χ2v) is 21.3. The molecule has 3 aliphatic heterocycles. The summed E-state index contributed by atoms with van der Waals surface area (Å²) in [6, 6.07) is 14.4. The molecule has 0 spiro atoms. The van der Waals surface area contributed by atoms with Crippen molar-refractivity contribution in [3.05, 3.63) is 174 Å². The Labute approximate surface area is 516 Å². The number of hydrogen-bond donors (Lipinski definition) is 2. The molecule has 0 aliphatic carbocycles. The molecule has 5 aromatic rings. The standard InChI is InChI=1S/C11H15ClN4O2.C10H9ClN4S.C10H11ClN4.C9H10ClN5O2.C8H10ClN5O3S/c1-3-15(11(13-2)8-16(17)18)7-9-4-5-10(12)14-6-9;11-9-2-1-8(5-13-9)6-15-3-4-16-10(15)14-7-12;1-8(14-7-12)15(2)6-9-3-4-10(11)13-5-9;10-8-2-1-7(5-12-8)6-14-4-3-11-9(14)13-15(16)17;1-12-4-17-5-13(8(12)11-14(15)16)3-6-2-10-7(9)18-6/h4-6,8,13H,3,7H2,1-2H3;1-2,5H,3-4,6H2;3-5H,6H2,1-2H3;1-2,5H,3-4,6H2,(H,11,13);2H,3-5H2,1H3/b11-8+;14-10-;14-8+;;11-8+.